The first-order valence-corrected chi connectivity index (χ1v) is 14.2. The van der Waals surface area contributed by atoms with Gasteiger partial charge in [0.05, 0.1) is 5.56 Å². The molecule has 0 radical (unpaired) electrons. The number of carbonyl (C=O) groups excluding carboxylic acids is 2. The van der Waals surface area contributed by atoms with E-state index in [1.54, 1.807) is 50.2 Å². The van der Waals surface area contributed by atoms with Crippen LogP contribution in [0.1, 0.15) is 24.2 Å². The first kappa shape index (κ1) is 24.7. The molecule has 0 bridgehead atoms. The van der Waals surface area contributed by atoms with E-state index in [1.165, 1.54) is 0 Å². The van der Waals surface area contributed by atoms with Gasteiger partial charge in [-0.1, -0.05) is 46.9 Å². The third-order valence-corrected chi connectivity index (χ3v) is 9.98. The molecule has 0 fully saturated rings. The molecular weight excluding hydrogens is 587 g/mol. The molecule has 4 rings (SSSR count). The summed E-state index contributed by atoms with van der Waals surface area (Å²) in [5.74, 6) is -0.892. The SMILES string of the molecule is CC(C)(I)C(=O)OCCOC(=O)c1ccc([S+]2c3ccccc3S(=O)(=O)c3ccccc32)cc1. The van der Waals surface area contributed by atoms with E-state index in [0.717, 1.165) is 14.7 Å². The molecule has 0 aliphatic carbocycles. The highest BCUT2D eigenvalue weighted by Gasteiger charge is 2.44. The number of halogens is 1. The van der Waals surface area contributed by atoms with Crippen LogP contribution in [0.25, 0.3) is 0 Å². The van der Waals surface area contributed by atoms with E-state index in [9.17, 15) is 18.0 Å². The summed E-state index contributed by atoms with van der Waals surface area (Å²) in [7, 11) is -4.23. The van der Waals surface area contributed by atoms with Crippen LogP contribution in [0.2, 0.25) is 0 Å². The van der Waals surface area contributed by atoms with Crippen LogP contribution in [0.15, 0.2) is 97.3 Å². The lowest BCUT2D eigenvalue weighted by Gasteiger charge is -2.19. The Kier molecular flexibility index (Phi) is 7.07. The summed E-state index contributed by atoms with van der Waals surface area (Å²) in [6.45, 7) is 3.42. The van der Waals surface area contributed by atoms with Crippen molar-refractivity contribution in [2.45, 2.75) is 41.7 Å². The van der Waals surface area contributed by atoms with Crippen molar-refractivity contribution >= 4 is 55.3 Å². The summed E-state index contributed by atoms with van der Waals surface area (Å²) >= 11 is 1.99. The molecule has 1 heterocycles. The molecule has 0 atom stereocenters. The number of sulfone groups is 1. The van der Waals surface area contributed by atoms with Gasteiger partial charge in [-0.25, -0.2) is 13.2 Å². The van der Waals surface area contributed by atoms with Crippen molar-refractivity contribution < 1.29 is 27.5 Å². The Morgan fingerprint density at radius 1 is 0.824 bits per heavy atom. The van der Waals surface area contributed by atoms with Crippen LogP contribution in [0.3, 0.4) is 0 Å². The van der Waals surface area contributed by atoms with E-state index in [1.807, 2.05) is 59.0 Å². The minimum Gasteiger partial charge on any atom is -0.461 e. The highest BCUT2D eigenvalue weighted by atomic mass is 127. The Hall–Kier alpha value is -2.37. The summed E-state index contributed by atoms with van der Waals surface area (Å²) in [5, 5.41) is 0. The van der Waals surface area contributed by atoms with Crippen LogP contribution in [0.4, 0.5) is 0 Å². The lowest BCUT2D eigenvalue weighted by atomic mass is 10.2. The Labute approximate surface area is 215 Å². The van der Waals surface area contributed by atoms with Crippen LogP contribution < -0.4 is 0 Å². The van der Waals surface area contributed by atoms with Crippen molar-refractivity contribution in [3.63, 3.8) is 0 Å². The third kappa shape index (κ3) is 4.87. The molecule has 1 aliphatic rings. The Bertz CT molecular complexity index is 1290. The molecule has 9 heteroatoms. The predicted octanol–water partition coefficient (Wildman–Crippen LogP) is 4.84. The second-order valence-corrected chi connectivity index (χ2v) is 14.5. The molecule has 0 spiro atoms. The van der Waals surface area contributed by atoms with Crippen LogP contribution in [-0.2, 0) is 35.0 Å². The number of hydrogen-bond acceptors (Lipinski definition) is 6. The van der Waals surface area contributed by atoms with E-state index in [2.05, 4.69) is 0 Å². The average molecular weight is 609 g/mol. The van der Waals surface area contributed by atoms with Crippen LogP contribution in [0.5, 0.6) is 0 Å². The fourth-order valence-electron chi connectivity index (χ4n) is 3.42. The first-order chi connectivity index (χ1) is 16.1. The molecule has 6 nitrogen and oxygen atoms in total. The normalized spacial score (nSPS) is 14.6. The van der Waals surface area contributed by atoms with Crippen LogP contribution in [-0.4, -0.2) is 37.0 Å². The van der Waals surface area contributed by atoms with Gasteiger partial charge in [0.15, 0.2) is 14.7 Å². The van der Waals surface area contributed by atoms with E-state index < -0.39 is 30.1 Å². The highest BCUT2D eigenvalue weighted by Crippen LogP contribution is 2.44. The molecule has 0 N–H and O–H groups in total. The topological polar surface area (TPSA) is 86.7 Å². The van der Waals surface area contributed by atoms with Crippen molar-refractivity contribution in [1.29, 1.82) is 0 Å². The van der Waals surface area contributed by atoms with Gasteiger partial charge in [0, 0.05) is 0 Å². The van der Waals surface area contributed by atoms with Gasteiger partial charge in [-0.3, -0.25) is 4.79 Å². The number of ether oxygens (including phenoxy) is 2. The summed E-state index contributed by atoms with van der Waals surface area (Å²) in [6, 6.07) is 21.0. The molecule has 34 heavy (non-hydrogen) atoms. The lowest BCUT2D eigenvalue weighted by Crippen LogP contribution is -2.28. The number of hydrogen-bond donors (Lipinski definition) is 0. The Morgan fingerprint density at radius 2 is 1.32 bits per heavy atom. The molecule has 0 saturated heterocycles. The zero-order valence-electron chi connectivity index (χ0n) is 18.5. The number of esters is 2. The molecule has 0 aromatic heterocycles. The van der Waals surface area contributed by atoms with E-state index >= 15 is 0 Å². The second-order valence-electron chi connectivity index (χ2n) is 7.97. The van der Waals surface area contributed by atoms with Gasteiger partial charge in [0.2, 0.25) is 9.84 Å². The van der Waals surface area contributed by atoms with Gasteiger partial charge >= 0.3 is 11.9 Å². The fourth-order valence-corrected chi connectivity index (χ4v) is 8.28. The smallest absolute Gasteiger partial charge is 0.338 e. The largest absolute Gasteiger partial charge is 0.461 e. The third-order valence-electron chi connectivity index (χ3n) is 5.08. The quantitative estimate of drug-likeness (QED) is 0.102. The van der Waals surface area contributed by atoms with Crippen molar-refractivity contribution in [3.05, 3.63) is 78.4 Å². The maximum atomic E-state index is 13.1. The van der Waals surface area contributed by atoms with Gasteiger partial charge in [-0.15, -0.1) is 0 Å². The summed E-state index contributed by atoms with van der Waals surface area (Å²) < 4.78 is 36.0. The van der Waals surface area contributed by atoms with E-state index in [0.29, 0.717) is 15.4 Å². The van der Waals surface area contributed by atoms with Crippen molar-refractivity contribution in [3.8, 4) is 0 Å². The Morgan fingerprint density at radius 3 is 1.85 bits per heavy atom. The second kappa shape index (κ2) is 9.71. The van der Waals surface area contributed by atoms with Gasteiger partial charge in [-0.05, 0) is 62.4 Å². The molecule has 176 valence electrons. The summed E-state index contributed by atoms with van der Waals surface area (Å²) in [4.78, 5) is 27.2. The monoisotopic (exact) mass is 609 g/mol. The maximum absolute atomic E-state index is 13.1. The van der Waals surface area contributed by atoms with Crippen LogP contribution >= 0.6 is 22.6 Å². The number of fused-ring (bicyclic) bond motifs is 2. The van der Waals surface area contributed by atoms with Crippen molar-refractivity contribution in [1.82, 2.24) is 0 Å². The van der Waals surface area contributed by atoms with E-state index in [4.69, 9.17) is 9.47 Å². The molecule has 0 unspecified atom stereocenters. The molecule has 3 aromatic carbocycles. The number of benzene rings is 3. The van der Waals surface area contributed by atoms with Gasteiger partial charge < -0.3 is 9.47 Å². The molecule has 0 amide bonds. The molecule has 0 saturated carbocycles. The van der Waals surface area contributed by atoms with Gasteiger partial charge in [0.25, 0.3) is 0 Å². The first-order valence-electron chi connectivity index (χ1n) is 10.4. The molecular formula is C25H22IO6S2+. The van der Waals surface area contributed by atoms with Crippen LogP contribution in [0, 0.1) is 0 Å². The fraction of sp³-hybridized carbons (Fsp3) is 0.200. The molecule has 1 aliphatic heterocycles. The minimum atomic E-state index is -3.60. The van der Waals surface area contributed by atoms with Gasteiger partial charge in [-0.2, -0.15) is 0 Å². The molecule has 3 aromatic rings. The minimum absolute atomic E-state index is 0.0133. The Balaban J connectivity index is 1.54. The average Bonchev–Trinajstić information content (AvgIpc) is 2.81. The lowest BCUT2D eigenvalue weighted by molar-refractivity contribution is -0.146. The number of carbonyl (C=O) groups is 2. The zero-order valence-corrected chi connectivity index (χ0v) is 22.3. The van der Waals surface area contributed by atoms with Crippen molar-refractivity contribution in [2.24, 2.45) is 0 Å². The van der Waals surface area contributed by atoms with E-state index in [-0.39, 0.29) is 19.2 Å². The standard InChI is InChI=1S/C25H22IO6S2/c1-25(2,26)24(28)32-16-15-31-23(27)17-11-13-18(14-12-17)33-19-7-3-5-9-21(19)34(29,30)22-10-6-4-8-20(22)33/h3-14H,15-16H2,1-2H3/q+1. The van der Waals surface area contributed by atoms with Crippen molar-refractivity contribution in [2.75, 3.05) is 13.2 Å². The number of alkyl halides is 1. The summed E-state index contributed by atoms with van der Waals surface area (Å²) in [6.07, 6.45) is 0. The predicted molar refractivity (Wildman–Crippen MR) is 136 cm³/mol. The maximum Gasteiger partial charge on any atom is 0.338 e. The highest BCUT2D eigenvalue weighted by molar-refractivity contribution is 14.1. The van der Waals surface area contributed by atoms with Gasteiger partial charge in [0.1, 0.15) is 37.3 Å². The number of rotatable bonds is 6. The zero-order chi connectivity index (χ0) is 24.5. The summed E-state index contributed by atoms with van der Waals surface area (Å²) in [5.41, 5.74) is 0.360.